The average Bonchev–Trinajstić information content (AvgIpc) is 2.60. The molecule has 3 rings (SSSR count). The molecule has 1 aromatic heterocycles. The molecule has 0 saturated heterocycles. The Bertz CT molecular complexity index is 816. The summed E-state index contributed by atoms with van der Waals surface area (Å²) >= 11 is 0. The highest BCUT2D eigenvalue weighted by Crippen LogP contribution is 2.19. The van der Waals surface area contributed by atoms with E-state index in [2.05, 4.69) is 10.3 Å². The van der Waals surface area contributed by atoms with Crippen molar-refractivity contribution in [2.24, 2.45) is 0 Å². The molecule has 0 unspecified atom stereocenters. The van der Waals surface area contributed by atoms with E-state index in [1.165, 1.54) is 0 Å². The van der Waals surface area contributed by atoms with E-state index in [0.29, 0.717) is 24.4 Å². The van der Waals surface area contributed by atoms with Gasteiger partial charge < -0.3 is 10.1 Å². The van der Waals surface area contributed by atoms with Crippen molar-refractivity contribution >= 4 is 22.6 Å². The number of para-hydroxylation sites is 2. The highest BCUT2D eigenvalue weighted by molar-refractivity contribution is 5.95. The minimum Gasteiger partial charge on any atom is -0.462 e. The third-order valence-corrected chi connectivity index (χ3v) is 3.53. The van der Waals surface area contributed by atoms with Crippen LogP contribution in [-0.4, -0.2) is 17.6 Å². The number of ether oxygens (including phenoxy) is 1. The Kier molecular flexibility index (Phi) is 4.52. The summed E-state index contributed by atoms with van der Waals surface area (Å²) < 4.78 is 5.16. The maximum atomic E-state index is 12.2. The number of anilines is 1. The van der Waals surface area contributed by atoms with E-state index in [4.69, 9.17) is 4.74 Å². The second-order valence-corrected chi connectivity index (χ2v) is 5.12. The number of rotatable bonds is 5. The van der Waals surface area contributed by atoms with Gasteiger partial charge in [0.2, 0.25) is 0 Å². The lowest BCUT2D eigenvalue weighted by atomic mass is 10.1. The van der Waals surface area contributed by atoms with Crippen LogP contribution in [0.2, 0.25) is 0 Å². The molecule has 1 heterocycles. The van der Waals surface area contributed by atoms with Crippen LogP contribution in [0.1, 0.15) is 23.0 Å². The fraction of sp³-hybridized carbons (Fsp3) is 0.158. The predicted octanol–water partition coefficient (Wildman–Crippen LogP) is 4.02. The predicted molar refractivity (Wildman–Crippen MR) is 91.5 cm³/mol. The summed E-state index contributed by atoms with van der Waals surface area (Å²) in [5, 5.41) is 4.22. The summed E-state index contributed by atoms with van der Waals surface area (Å²) in [5.41, 5.74) is 3.04. The van der Waals surface area contributed by atoms with Crippen LogP contribution >= 0.6 is 0 Å². The first-order valence-corrected chi connectivity index (χ1v) is 7.62. The maximum Gasteiger partial charge on any atom is 0.340 e. The van der Waals surface area contributed by atoms with Crippen molar-refractivity contribution in [3.8, 4) is 0 Å². The minimum absolute atomic E-state index is 0.337. The van der Waals surface area contributed by atoms with E-state index < -0.39 is 0 Å². The van der Waals surface area contributed by atoms with Crippen molar-refractivity contribution in [3.63, 3.8) is 0 Å². The Morgan fingerprint density at radius 2 is 1.83 bits per heavy atom. The second-order valence-electron chi connectivity index (χ2n) is 5.12. The van der Waals surface area contributed by atoms with Crippen molar-refractivity contribution in [3.05, 3.63) is 71.9 Å². The molecule has 0 amide bonds. The van der Waals surface area contributed by atoms with Crippen LogP contribution in [0.4, 0.5) is 5.69 Å². The standard InChI is InChI=1S/C19H18N2O2/c1-2-23-19(22)16-12-14-8-6-7-11-17(14)21-18(16)13-20-15-9-4-3-5-10-15/h3-12,20H,2,13H2,1H3. The normalized spacial score (nSPS) is 10.5. The van der Waals surface area contributed by atoms with Gasteiger partial charge in [0.15, 0.2) is 0 Å². The largest absolute Gasteiger partial charge is 0.462 e. The lowest BCUT2D eigenvalue weighted by molar-refractivity contribution is 0.0525. The molecule has 1 N–H and O–H groups in total. The van der Waals surface area contributed by atoms with Gasteiger partial charge in [0.05, 0.1) is 29.9 Å². The highest BCUT2D eigenvalue weighted by atomic mass is 16.5. The molecule has 0 bridgehead atoms. The van der Waals surface area contributed by atoms with Gasteiger partial charge in [0.25, 0.3) is 0 Å². The Balaban J connectivity index is 1.95. The number of benzene rings is 2. The molecule has 0 atom stereocenters. The van der Waals surface area contributed by atoms with E-state index in [-0.39, 0.29) is 5.97 Å². The summed E-state index contributed by atoms with van der Waals surface area (Å²) in [4.78, 5) is 16.9. The van der Waals surface area contributed by atoms with Crippen molar-refractivity contribution in [2.45, 2.75) is 13.5 Å². The number of esters is 1. The van der Waals surface area contributed by atoms with E-state index in [1.54, 1.807) is 6.92 Å². The van der Waals surface area contributed by atoms with Gasteiger partial charge in [-0.2, -0.15) is 0 Å². The summed E-state index contributed by atoms with van der Waals surface area (Å²) in [5.74, 6) is -0.337. The molecule has 116 valence electrons. The first-order valence-electron chi connectivity index (χ1n) is 7.62. The fourth-order valence-electron chi connectivity index (χ4n) is 2.42. The Morgan fingerprint density at radius 3 is 2.61 bits per heavy atom. The van der Waals surface area contributed by atoms with E-state index in [1.807, 2.05) is 60.7 Å². The Labute approximate surface area is 135 Å². The molecule has 0 aliphatic carbocycles. The van der Waals surface area contributed by atoms with Crippen LogP contribution in [-0.2, 0) is 11.3 Å². The Hall–Kier alpha value is -2.88. The number of hydrogen-bond donors (Lipinski definition) is 1. The fourth-order valence-corrected chi connectivity index (χ4v) is 2.42. The van der Waals surface area contributed by atoms with Gasteiger partial charge in [-0.3, -0.25) is 4.98 Å². The molecule has 0 fully saturated rings. The van der Waals surface area contributed by atoms with Gasteiger partial charge in [-0.25, -0.2) is 4.79 Å². The van der Waals surface area contributed by atoms with Crippen LogP contribution in [0.25, 0.3) is 10.9 Å². The molecular weight excluding hydrogens is 288 g/mol. The van der Waals surface area contributed by atoms with Gasteiger partial charge in [0.1, 0.15) is 0 Å². The van der Waals surface area contributed by atoms with Crippen LogP contribution in [0, 0.1) is 0 Å². The summed E-state index contributed by atoms with van der Waals surface area (Å²) in [6.07, 6.45) is 0. The number of nitrogens with one attached hydrogen (secondary N) is 1. The minimum atomic E-state index is -0.337. The quantitative estimate of drug-likeness (QED) is 0.723. The summed E-state index contributed by atoms with van der Waals surface area (Å²) in [6, 6.07) is 19.4. The van der Waals surface area contributed by atoms with E-state index >= 15 is 0 Å². The van der Waals surface area contributed by atoms with Crippen molar-refractivity contribution < 1.29 is 9.53 Å². The maximum absolute atomic E-state index is 12.2. The molecule has 4 nitrogen and oxygen atoms in total. The molecule has 0 radical (unpaired) electrons. The lowest BCUT2D eigenvalue weighted by Gasteiger charge is -2.11. The molecular formula is C19H18N2O2. The van der Waals surface area contributed by atoms with Crippen molar-refractivity contribution in [2.75, 3.05) is 11.9 Å². The van der Waals surface area contributed by atoms with Gasteiger partial charge in [-0.15, -0.1) is 0 Å². The van der Waals surface area contributed by atoms with Crippen LogP contribution in [0.3, 0.4) is 0 Å². The molecule has 0 aliphatic heterocycles. The zero-order chi connectivity index (χ0) is 16.1. The number of carbonyl (C=O) groups excluding carboxylic acids is 1. The SMILES string of the molecule is CCOC(=O)c1cc2ccccc2nc1CNc1ccccc1. The first kappa shape index (κ1) is 15.0. The lowest BCUT2D eigenvalue weighted by Crippen LogP contribution is -2.12. The molecule has 0 saturated carbocycles. The van der Waals surface area contributed by atoms with Crippen molar-refractivity contribution in [1.29, 1.82) is 0 Å². The number of carbonyl (C=O) groups is 1. The smallest absolute Gasteiger partial charge is 0.340 e. The Morgan fingerprint density at radius 1 is 1.09 bits per heavy atom. The third-order valence-electron chi connectivity index (χ3n) is 3.53. The topological polar surface area (TPSA) is 51.2 Å². The van der Waals surface area contributed by atoms with Crippen LogP contribution < -0.4 is 5.32 Å². The van der Waals surface area contributed by atoms with Crippen LogP contribution in [0.5, 0.6) is 0 Å². The molecule has 3 aromatic rings. The number of hydrogen-bond acceptors (Lipinski definition) is 4. The number of fused-ring (bicyclic) bond motifs is 1. The summed E-state index contributed by atoms with van der Waals surface area (Å²) in [7, 11) is 0. The molecule has 2 aromatic carbocycles. The second kappa shape index (κ2) is 6.92. The molecule has 23 heavy (non-hydrogen) atoms. The molecule has 0 aliphatic rings. The molecule has 0 spiro atoms. The monoisotopic (exact) mass is 306 g/mol. The number of nitrogens with zero attached hydrogens (tertiary/aromatic N) is 1. The zero-order valence-electron chi connectivity index (χ0n) is 13.0. The van der Waals surface area contributed by atoms with E-state index in [9.17, 15) is 4.79 Å². The third kappa shape index (κ3) is 3.48. The van der Waals surface area contributed by atoms with Gasteiger partial charge in [-0.1, -0.05) is 36.4 Å². The van der Waals surface area contributed by atoms with E-state index in [0.717, 1.165) is 16.6 Å². The number of aromatic nitrogens is 1. The first-order chi connectivity index (χ1) is 11.3. The van der Waals surface area contributed by atoms with Gasteiger partial charge >= 0.3 is 5.97 Å². The van der Waals surface area contributed by atoms with Crippen molar-refractivity contribution in [1.82, 2.24) is 4.98 Å². The number of pyridine rings is 1. The zero-order valence-corrected chi connectivity index (χ0v) is 13.0. The highest BCUT2D eigenvalue weighted by Gasteiger charge is 2.15. The van der Waals surface area contributed by atoms with Gasteiger partial charge in [0, 0.05) is 11.1 Å². The average molecular weight is 306 g/mol. The molecule has 4 heteroatoms. The van der Waals surface area contributed by atoms with Crippen LogP contribution in [0.15, 0.2) is 60.7 Å². The summed E-state index contributed by atoms with van der Waals surface area (Å²) in [6.45, 7) is 2.61. The van der Waals surface area contributed by atoms with Gasteiger partial charge in [-0.05, 0) is 31.2 Å².